The van der Waals surface area contributed by atoms with Gasteiger partial charge in [0.2, 0.25) is 0 Å². The number of thioether (sulfide) groups is 1. The van der Waals surface area contributed by atoms with Crippen molar-refractivity contribution in [3.05, 3.63) is 24.3 Å². The summed E-state index contributed by atoms with van der Waals surface area (Å²) in [4.78, 5) is 13.9. The van der Waals surface area contributed by atoms with Crippen LogP contribution in [-0.4, -0.2) is 37.4 Å². The Kier molecular flexibility index (Phi) is 4.36. The lowest BCUT2D eigenvalue weighted by molar-refractivity contribution is -0.142. The Morgan fingerprint density at radius 3 is 2.78 bits per heavy atom. The minimum Gasteiger partial charge on any atom is -0.497 e. The van der Waals surface area contributed by atoms with Gasteiger partial charge in [0, 0.05) is 18.0 Å². The van der Waals surface area contributed by atoms with Crippen LogP contribution in [0, 0.1) is 0 Å². The fourth-order valence-electron chi connectivity index (χ4n) is 1.92. The lowest BCUT2D eigenvalue weighted by Crippen LogP contribution is -2.35. The Labute approximate surface area is 111 Å². The summed E-state index contributed by atoms with van der Waals surface area (Å²) in [5.41, 5.74) is 1.03. The maximum atomic E-state index is 11.8. The van der Waals surface area contributed by atoms with E-state index in [1.165, 1.54) is 0 Å². The molecular weight excluding hydrogens is 250 g/mol. The van der Waals surface area contributed by atoms with Gasteiger partial charge < -0.3 is 14.4 Å². The van der Waals surface area contributed by atoms with E-state index in [0.29, 0.717) is 6.61 Å². The van der Waals surface area contributed by atoms with Crippen molar-refractivity contribution < 1.29 is 14.3 Å². The number of esters is 1. The van der Waals surface area contributed by atoms with Crippen molar-refractivity contribution in [2.45, 2.75) is 12.3 Å². The van der Waals surface area contributed by atoms with Gasteiger partial charge in [0.1, 0.15) is 5.75 Å². The van der Waals surface area contributed by atoms with E-state index in [1.807, 2.05) is 31.2 Å². The van der Waals surface area contributed by atoms with Crippen LogP contribution in [0.15, 0.2) is 24.3 Å². The SMILES string of the molecule is CCOC(=O)C1SCCN1c1ccc(OC)cc1. The van der Waals surface area contributed by atoms with Crippen LogP contribution in [0.1, 0.15) is 6.92 Å². The predicted molar refractivity (Wildman–Crippen MR) is 73.2 cm³/mol. The minimum absolute atomic E-state index is 0.157. The van der Waals surface area contributed by atoms with E-state index in [1.54, 1.807) is 18.9 Å². The molecule has 0 saturated carbocycles. The summed E-state index contributed by atoms with van der Waals surface area (Å²) < 4.78 is 10.2. The van der Waals surface area contributed by atoms with Crippen molar-refractivity contribution in [3.63, 3.8) is 0 Å². The molecule has 0 aromatic heterocycles. The zero-order chi connectivity index (χ0) is 13.0. The van der Waals surface area contributed by atoms with E-state index >= 15 is 0 Å². The second-order valence-electron chi connectivity index (χ2n) is 3.87. The molecule has 1 aliphatic rings. The van der Waals surface area contributed by atoms with Crippen molar-refractivity contribution in [1.82, 2.24) is 0 Å². The van der Waals surface area contributed by atoms with E-state index in [-0.39, 0.29) is 11.3 Å². The second-order valence-corrected chi connectivity index (χ2v) is 5.05. The third-order valence-electron chi connectivity index (χ3n) is 2.78. The minimum atomic E-state index is -0.224. The van der Waals surface area contributed by atoms with E-state index in [2.05, 4.69) is 4.90 Å². The Balaban J connectivity index is 2.12. The summed E-state index contributed by atoms with van der Waals surface area (Å²) in [7, 11) is 1.64. The van der Waals surface area contributed by atoms with Gasteiger partial charge in [-0.25, -0.2) is 4.79 Å². The van der Waals surface area contributed by atoms with Crippen LogP contribution in [0.3, 0.4) is 0 Å². The molecule has 0 radical (unpaired) electrons. The van der Waals surface area contributed by atoms with Gasteiger partial charge in [-0.05, 0) is 31.2 Å². The summed E-state index contributed by atoms with van der Waals surface area (Å²) in [5.74, 6) is 1.60. The first-order valence-corrected chi connectivity index (χ1v) is 7.00. The van der Waals surface area contributed by atoms with Crippen molar-refractivity contribution in [2.24, 2.45) is 0 Å². The molecule has 1 unspecified atom stereocenters. The summed E-state index contributed by atoms with van der Waals surface area (Å²) in [5, 5.41) is -0.224. The average Bonchev–Trinajstić information content (AvgIpc) is 2.88. The summed E-state index contributed by atoms with van der Waals surface area (Å²) in [6, 6.07) is 7.74. The van der Waals surface area contributed by atoms with Gasteiger partial charge in [0.25, 0.3) is 0 Å². The first-order valence-electron chi connectivity index (χ1n) is 5.95. The molecule has 1 fully saturated rings. The third-order valence-corrected chi connectivity index (χ3v) is 3.96. The molecule has 0 bridgehead atoms. The first kappa shape index (κ1) is 13.1. The van der Waals surface area contributed by atoms with Gasteiger partial charge in [-0.1, -0.05) is 0 Å². The third kappa shape index (κ3) is 2.72. The molecule has 1 saturated heterocycles. The number of methoxy groups -OCH3 is 1. The van der Waals surface area contributed by atoms with Crippen molar-refractivity contribution in [2.75, 3.05) is 30.9 Å². The number of rotatable bonds is 4. The monoisotopic (exact) mass is 267 g/mol. The molecule has 98 valence electrons. The Morgan fingerprint density at radius 2 is 2.17 bits per heavy atom. The molecule has 4 nitrogen and oxygen atoms in total. The summed E-state index contributed by atoms with van der Waals surface area (Å²) >= 11 is 1.62. The maximum Gasteiger partial charge on any atom is 0.339 e. The molecule has 0 amide bonds. The molecule has 1 aliphatic heterocycles. The van der Waals surface area contributed by atoms with Gasteiger partial charge in [-0.2, -0.15) is 0 Å². The van der Waals surface area contributed by atoms with Crippen molar-refractivity contribution >= 4 is 23.4 Å². The van der Waals surface area contributed by atoms with Gasteiger partial charge >= 0.3 is 5.97 Å². The van der Waals surface area contributed by atoms with Crippen LogP contribution in [-0.2, 0) is 9.53 Å². The van der Waals surface area contributed by atoms with Crippen LogP contribution < -0.4 is 9.64 Å². The quantitative estimate of drug-likeness (QED) is 0.781. The van der Waals surface area contributed by atoms with Gasteiger partial charge in [0.05, 0.1) is 13.7 Å². The second kappa shape index (κ2) is 6.00. The molecule has 1 atom stereocenters. The Morgan fingerprint density at radius 1 is 1.44 bits per heavy atom. The highest BCUT2D eigenvalue weighted by molar-refractivity contribution is 8.01. The first-order chi connectivity index (χ1) is 8.76. The number of hydrogen-bond donors (Lipinski definition) is 0. The number of ether oxygens (including phenoxy) is 2. The highest BCUT2D eigenvalue weighted by Crippen LogP contribution is 2.31. The summed E-state index contributed by atoms with van der Waals surface area (Å²) in [6.07, 6.45) is 0. The number of hydrogen-bond acceptors (Lipinski definition) is 5. The van der Waals surface area contributed by atoms with E-state index in [0.717, 1.165) is 23.7 Å². The van der Waals surface area contributed by atoms with Crippen LogP contribution in [0.25, 0.3) is 0 Å². The highest BCUT2D eigenvalue weighted by Gasteiger charge is 2.32. The smallest absolute Gasteiger partial charge is 0.339 e. The molecule has 0 spiro atoms. The molecule has 0 aliphatic carbocycles. The van der Waals surface area contributed by atoms with Gasteiger partial charge in [0.15, 0.2) is 5.37 Å². The highest BCUT2D eigenvalue weighted by atomic mass is 32.2. The molecule has 5 heteroatoms. The van der Waals surface area contributed by atoms with Crippen molar-refractivity contribution in [1.29, 1.82) is 0 Å². The fraction of sp³-hybridized carbons (Fsp3) is 0.462. The molecular formula is C13H17NO3S. The van der Waals surface area contributed by atoms with E-state index in [9.17, 15) is 4.79 Å². The molecule has 0 N–H and O–H groups in total. The molecule has 18 heavy (non-hydrogen) atoms. The number of carbonyl (C=O) groups excluding carboxylic acids is 1. The lowest BCUT2D eigenvalue weighted by atomic mass is 10.2. The van der Waals surface area contributed by atoms with E-state index < -0.39 is 0 Å². The lowest BCUT2D eigenvalue weighted by Gasteiger charge is -2.24. The predicted octanol–water partition coefficient (Wildman–Crippen LogP) is 2.14. The molecule has 2 rings (SSSR count). The Bertz CT molecular complexity index is 407. The molecule has 1 heterocycles. The van der Waals surface area contributed by atoms with Crippen LogP contribution in [0.2, 0.25) is 0 Å². The largest absolute Gasteiger partial charge is 0.497 e. The average molecular weight is 267 g/mol. The van der Waals surface area contributed by atoms with Gasteiger partial charge in [-0.3, -0.25) is 0 Å². The van der Waals surface area contributed by atoms with Crippen LogP contribution >= 0.6 is 11.8 Å². The van der Waals surface area contributed by atoms with Crippen LogP contribution in [0.5, 0.6) is 5.75 Å². The fourth-order valence-corrected chi connectivity index (χ4v) is 3.05. The zero-order valence-electron chi connectivity index (χ0n) is 10.6. The maximum absolute atomic E-state index is 11.8. The number of carbonyl (C=O) groups is 1. The normalized spacial score (nSPS) is 18.8. The number of nitrogens with zero attached hydrogens (tertiary/aromatic N) is 1. The summed E-state index contributed by atoms with van der Waals surface area (Å²) in [6.45, 7) is 3.11. The Hall–Kier alpha value is -1.36. The zero-order valence-corrected chi connectivity index (χ0v) is 11.4. The molecule has 1 aromatic rings. The standard InChI is InChI=1S/C13H17NO3S/c1-3-17-13(15)12-14(8-9-18-12)10-4-6-11(16-2)7-5-10/h4-7,12H,3,8-9H2,1-2H3. The van der Waals surface area contributed by atoms with E-state index in [4.69, 9.17) is 9.47 Å². The molecule has 1 aromatic carbocycles. The topological polar surface area (TPSA) is 38.8 Å². The van der Waals surface area contributed by atoms with Gasteiger partial charge in [-0.15, -0.1) is 11.8 Å². The van der Waals surface area contributed by atoms with Crippen molar-refractivity contribution in [3.8, 4) is 5.75 Å². The van der Waals surface area contributed by atoms with Crippen LogP contribution in [0.4, 0.5) is 5.69 Å². The number of anilines is 1. The number of benzene rings is 1.